The maximum absolute atomic E-state index is 10.6. The van der Waals surface area contributed by atoms with Gasteiger partial charge in [0.25, 0.3) is 5.69 Å². The summed E-state index contributed by atoms with van der Waals surface area (Å²) in [6.07, 6.45) is 0. The number of non-ortho nitro benzene ring substituents is 1. The second kappa shape index (κ2) is 5.75. The lowest BCUT2D eigenvalue weighted by atomic mass is 10.2. The molecule has 0 fully saturated rings. The fourth-order valence-corrected chi connectivity index (χ4v) is 2.68. The summed E-state index contributed by atoms with van der Waals surface area (Å²) in [6.45, 7) is 2.02. The van der Waals surface area contributed by atoms with Crippen LogP contribution in [-0.2, 0) is 5.75 Å². The number of nitro benzene ring substituents is 1. The molecule has 2 rings (SSSR count). The molecule has 4 nitrogen and oxygen atoms in total. The summed E-state index contributed by atoms with van der Waals surface area (Å²) < 4.78 is 0. The third kappa shape index (κ3) is 3.48. The average molecular weight is 274 g/mol. The first-order valence-corrected chi connectivity index (χ1v) is 6.77. The molecule has 0 heterocycles. The van der Waals surface area contributed by atoms with Crippen LogP contribution in [0, 0.1) is 17.0 Å². The number of anilines is 1. The minimum absolute atomic E-state index is 0.123. The van der Waals surface area contributed by atoms with E-state index in [4.69, 9.17) is 5.73 Å². The van der Waals surface area contributed by atoms with Crippen LogP contribution in [0.25, 0.3) is 0 Å². The predicted octanol–water partition coefficient (Wildman–Crippen LogP) is 3.78. The molecule has 0 aromatic heterocycles. The van der Waals surface area contributed by atoms with Gasteiger partial charge in [0.1, 0.15) is 0 Å². The standard InChI is InChI=1S/C14H14N2O2S/c1-10-8-12(15)4-7-14(10)19-9-11-2-5-13(6-3-11)16(17)18/h2-8H,9,15H2,1H3. The number of nitrogens with two attached hydrogens (primary N) is 1. The lowest BCUT2D eigenvalue weighted by Gasteiger charge is -2.06. The normalized spacial score (nSPS) is 10.4. The molecule has 0 amide bonds. The second-order valence-electron chi connectivity index (χ2n) is 4.24. The van der Waals surface area contributed by atoms with Crippen molar-refractivity contribution in [3.63, 3.8) is 0 Å². The zero-order valence-electron chi connectivity index (χ0n) is 10.5. The summed E-state index contributed by atoms with van der Waals surface area (Å²) in [5.41, 5.74) is 8.80. The van der Waals surface area contributed by atoms with E-state index in [2.05, 4.69) is 0 Å². The van der Waals surface area contributed by atoms with Crippen molar-refractivity contribution in [3.8, 4) is 0 Å². The molecule has 2 aromatic rings. The third-order valence-corrected chi connectivity index (χ3v) is 3.99. The van der Waals surface area contributed by atoms with Crippen LogP contribution >= 0.6 is 11.8 Å². The number of nitrogens with zero attached hydrogens (tertiary/aromatic N) is 1. The molecule has 0 aliphatic heterocycles. The van der Waals surface area contributed by atoms with Gasteiger partial charge in [-0.05, 0) is 36.2 Å². The molecular weight excluding hydrogens is 260 g/mol. The zero-order valence-corrected chi connectivity index (χ0v) is 11.3. The van der Waals surface area contributed by atoms with Gasteiger partial charge in [-0.1, -0.05) is 12.1 Å². The molecule has 0 atom stereocenters. The summed E-state index contributed by atoms with van der Waals surface area (Å²) in [5.74, 6) is 0.781. The summed E-state index contributed by atoms with van der Waals surface area (Å²) in [6, 6.07) is 12.5. The van der Waals surface area contributed by atoms with E-state index >= 15 is 0 Å². The van der Waals surface area contributed by atoms with Crippen LogP contribution in [0.15, 0.2) is 47.4 Å². The third-order valence-electron chi connectivity index (χ3n) is 2.74. The SMILES string of the molecule is Cc1cc(N)ccc1SCc1ccc([N+](=O)[O-])cc1. The quantitative estimate of drug-likeness (QED) is 0.399. The Hall–Kier alpha value is -2.01. The first-order valence-electron chi connectivity index (χ1n) is 5.78. The van der Waals surface area contributed by atoms with Crippen molar-refractivity contribution >= 4 is 23.1 Å². The van der Waals surface area contributed by atoms with Crippen LogP contribution in [0.3, 0.4) is 0 Å². The number of hydrogen-bond acceptors (Lipinski definition) is 4. The van der Waals surface area contributed by atoms with Gasteiger partial charge in [-0.15, -0.1) is 11.8 Å². The van der Waals surface area contributed by atoms with Crippen LogP contribution in [0.5, 0.6) is 0 Å². The van der Waals surface area contributed by atoms with E-state index in [9.17, 15) is 10.1 Å². The van der Waals surface area contributed by atoms with Crippen molar-refractivity contribution in [3.05, 3.63) is 63.7 Å². The highest BCUT2D eigenvalue weighted by atomic mass is 32.2. The van der Waals surface area contributed by atoms with Crippen molar-refractivity contribution in [1.82, 2.24) is 0 Å². The molecule has 19 heavy (non-hydrogen) atoms. The number of hydrogen-bond donors (Lipinski definition) is 1. The first-order chi connectivity index (χ1) is 9.06. The van der Waals surface area contributed by atoms with Gasteiger partial charge in [0.05, 0.1) is 4.92 Å². The Labute approximate surface area is 115 Å². The highest BCUT2D eigenvalue weighted by Crippen LogP contribution is 2.27. The highest BCUT2D eigenvalue weighted by molar-refractivity contribution is 7.98. The van der Waals surface area contributed by atoms with Gasteiger partial charge >= 0.3 is 0 Å². The monoisotopic (exact) mass is 274 g/mol. The molecule has 5 heteroatoms. The molecule has 2 N–H and O–H groups in total. The van der Waals surface area contributed by atoms with Crippen molar-refractivity contribution in [2.75, 3.05) is 5.73 Å². The van der Waals surface area contributed by atoms with Gasteiger partial charge < -0.3 is 5.73 Å². The fourth-order valence-electron chi connectivity index (χ4n) is 1.71. The lowest BCUT2D eigenvalue weighted by molar-refractivity contribution is -0.384. The fraction of sp³-hybridized carbons (Fsp3) is 0.143. The molecule has 0 saturated carbocycles. The van der Waals surface area contributed by atoms with E-state index in [-0.39, 0.29) is 10.6 Å². The van der Waals surface area contributed by atoms with Crippen LogP contribution in [0.2, 0.25) is 0 Å². The van der Waals surface area contributed by atoms with E-state index in [0.29, 0.717) is 0 Å². The van der Waals surface area contributed by atoms with Crippen LogP contribution in [0.1, 0.15) is 11.1 Å². The molecule has 0 spiro atoms. The van der Waals surface area contributed by atoms with Crippen molar-refractivity contribution in [1.29, 1.82) is 0 Å². The van der Waals surface area contributed by atoms with Crippen molar-refractivity contribution < 1.29 is 4.92 Å². The highest BCUT2D eigenvalue weighted by Gasteiger charge is 2.05. The molecule has 0 bridgehead atoms. The predicted molar refractivity (Wildman–Crippen MR) is 78.2 cm³/mol. The van der Waals surface area contributed by atoms with Crippen LogP contribution in [0.4, 0.5) is 11.4 Å². The van der Waals surface area contributed by atoms with Crippen LogP contribution < -0.4 is 5.73 Å². The Balaban J connectivity index is 2.04. The topological polar surface area (TPSA) is 69.2 Å². The average Bonchev–Trinajstić information content (AvgIpc) is 2.38. The summed E-state index contributed by atoms with van der Waals surface area (Å²) in [7, 11) is 0. The van der Waals surface area contributed by atoms with Gasteiger partial charge in [0, 0.05) is 28.5 Å². The molecule has 2 aromatic carbocycles. The number of nitrogen functional groups attached to an aromatic ring is 1. The Morgan fingerprint density at radius 3 is 2.47 bits per heavy atom. The lowest BCUT2D eigenvalue weighted by Crippen LogP contribution is -1.89. The molecular formula is C14H14N2O2S. The molecule has 0 aliphatic carbocycles. The summed E-state index contributed by atoms with van der Waals surface area (Å²) >= 11 is 1.70. The number of aryl methyl sites for hydroxylation is 1. The maximum atomic E-state index is 10.6. The molecule has 0 aliphatic rings. The smallest absolute Gasteiger partial charge is 0.269 e. The van der Waals surface area contributed by atoms with Crippen molar-refractivity contribution in [2.24, 2.45) is 0 Å². The summed E-state index contributed by atoms with van der Waals surface area (Å²) in [4.78, 5) is 11.3. The van der Waals surface area contributed by atoms with E-state index in [0.717, 1.165) is 22.6 Å². The zero-order chi connectivity index (χ0) is 13.8. The van der Waals surface area contributed by atoms with Gasteiger partial charge in [-0.3, -0.25) is 10.1 Å². The Kier molecular flexibility index (Phi) is 4.06. The minimum Gasteiger partial charge on any atom is -0.399 e. The van der Waals surface area contributed by atoms with Crippen molar-refractivity contribution in [2.45, 2.75) is 17.6 Å². The molecule has 0 radical (unpaired) electrons. The van der Waals surface area contributed by atoms with E-state index in [1.54, 1.807) is 23.9 Å². The largest absolute Gasteiger partial charge is 0.399 e. The van der Waals surface area contributed by atoms with Gasteiger partial charge in [-0.25, -0.2) is 0 Å². The Bertz CT molecular complexity index is 597. The number of rotatable bonds is 4. The van der Waals surface area contributed by atoms with Gasteiger partial charge in [-0.2, -0.15) is 0 Å². The Morgan fingerprint density at radius 2 is 1.89 bits per heavy atom. The summed E-state index contributed by atoms with van der Waals surface area (Å²) in [5, 5.41) is 10.6. The molecule has 0 saturated heterocycles. The van der Waals surface area contributed by atoms with Gasteiger partial charge in [0.2, 0.25) is 0 Å². The van der Waals surface area contributed by atoms with Crippen LogP contribution in [-0.4, -0.2) is 4.92 Å². The molecule has 98 valence electrons. The van der Waals surface area contributed by atoms with E-state index in [1.165, 1.54) is 17.0 Å². The van der Waals surface area contributed by atoms with Gasteiger partial charge in [0.15, 0.2) is 0 Å². The number of benzene rings is 2. The number of thioether (sulfide) groups is 1. The molecule has 0 unspecified atom stereocenters. The first kappa shape index (κ1) is 13.4. The maximum Gasteiger partial charge on any atom is 0.269 e. The van der Waals surface area contributed by atoms with E-state index in [1.807, 2.05) is 25.1 Å². The number of nitro groups is 1. The minimum atomic E-state index is -0.388. The van der Waals surface area contributed by atoms with E-state index < -0.39 is 0 Å². The Morgan fingerprint density at radius 1 is 1.21 bits per heavy atom. The second-order valence-corrected chi connectivity index (χ2v) is 5.25.